The van der Waals surface area contributed by atoms with E-state index in [9.17, 15) is 9.59 Å². The number of hydrogen-bond acceptors (Lipinski definition) is 4. The number of nitrogens with zero attached hydrogens (tertiary/aromatic N) is 1. The fourth-order valence-corrected chi connectivity index (χ4v) is 1.56. The predicted molar refractivity (Wildman–Crippen MR) is 65.4 cm³/mol. The quantitative estimate of drug-likeness (QED) is 0.822. The summed E-state index contributed by atoms with van der Waals surface area (Å²) < 4.78 is 4.58. The minimum atomic E-state index is -0.424. The van der Waals surface area contributed by atoms with Gasteiger partial charge in [0.05, 0.1) is 12.7 Å². The van der Waals surface area contributed by atoms with E-state index in [0.717, 1.165) is 5.69 Å². The molecule has 0 saturated carbocycles. The molecule has 0 atom stereocenters. The average Bonchev–Trinajstić information content (AvgIpc) is 2.41. The van der Waals surface area contributed by atoms with Crippen LogP contribution >= 0.6 is 0 Å². The molecule has 92 valence electrons. The first kappa shape index (κ1) is 12.0. The number of esters is 1. The molecule has 1 N–H and O–H groups in total. The molecule has 2 heterocycles. The number of rotatable bonds is 3. The number of aromatic amines is 1. The van der Waals surface area contributed by atoms with E-state index < -0.39 is 5.97 Å². The van der Waals surface area contributed by atoms with E-state index in [1.807, 2.05) is 0 Å². The summed E-state index contributed by atoms with van der Waals surface area (Å²) >= 11 is 0. The van der Waals surface area contributed by atoms with E-state index in [2.05, 4.69) is 14.7 Å². The Bertz CT molecular complexity index is 602. The normalized spacial score (nSPS) is 10.1. The van der Waals surface area contributed by atoms with Gasteiger partial charge in [0, 0.05) is 30.1 Å². The molecule has 0 spiro atoms. The van der Waals surface area contributed by atoms with Crippen molar-refractivity contribution in [3.63, 3.8) is 0 Å². The van der Waals surface area contributed by atoms with E-state index in [1.165, 1.54) is 13.3 Å². The van der Waals surface area contributed by atoms with Gasteiger partial charge in [0.15, 0.2) is 0 Å². The van der Waals surface area contributed by atoms with Crippen molar-refractivity contribution in [2.75, 3.05) is 7.11 Å². The highest BCUT2D eigenvalue weighted by atomic mass is 16.5. The van der Waals surface area contributed by atoms with Crippen LogP contribution in [0.4, 0.5) is 0 Å². The van der Waals surface area contributed by atoms with E-state index >= 15 is 0 Å². The molecule has 0 amide bonds. The van der Waals surface area contributed by atoms with Gasteiger partial charge < -0.3 is 9.72 Å². The molecule has 0 aliphatic carbocycles. The summed E-state index contributed by atoms with van der Waals surface area (Å²) in [7, 11) is 1.32. The molecule has 2 aromatic heterocycles. The van der Waals surface area contributed by atoms with Crippen molar-refractivity contribution >= 4 is 5.97 Å². The maximum absolute atomic E-state index is 11.5. The molecule has 0 saturated heterocycles. The Balaban J connectivity index is 2.19. The van der Waals surface area contributed by atoms with Crippen LogP contribution in [-0.2, 0) is 11.2 Å². The van der Waals surface area contributed by atoms with Crippen molar-refractivity contribution in [3.05, 3.63) is 63.8 Å². The Kier molecular flexibility index (Phi) is 3.52. The number of methoxy groups -OCH3 is 1. The predicted octanol–water partition coefficient (Wildman–Crippen LogP) is 1.15. The highest BCUT2D eigenvalue weighted by molar-refractivity contribution is 5.88. The lowest BCUT2D eigenvalue weighted by Crippen LogP contribution is -2.12. The largest absolute Gasteiger partial charge is 0.465 e. The van der Waals surface area contributed by atoms with Crippen LogP contribution in [0.3, 0.4) is 0 Å². The van der Waals surface area contributed by atoms with E-state index in [-0.39, 0.29) is 5.56 Å². The van der Waals surface area contributed by atoms with Crippen molar-refractivity contribution in [2.24, 2.45) is 0 Å². The Morgan fingerprint density at radius 3 is 2.83 bits per heavy atom. The Hall–Kier alpha value is -2.43. The van der Waals surface area contributed by atoms with E-state index in [4.69, 9.17) is 0 Å². The number of H-pyrrole nitrogens is 1. The van der Waals surface area contributed by atoms with Crippen molar-refractivity contribution in [2.45, 2.75) is 6.42 Å². The molecule has 0 aliphatic heterocycles. The smallest absolute Gasteiger partial charge is 0.339 e. The number of hydrogen-bond donors (Lipinski definition) is 1. The van der Waals surface area contributed by atoms with Crippen LogP contribution in [0.25, 0.3) is 0 Å². The summed E-state index contributed by atoms with van der Waals surface area (Å²) in [6.45, 7) is 0. The van der Waals surface area contributed by atoms with Gasteiger partial charge in [0.1, 0.15) is 0 Å². The summed E-state index contributed by atoms with van der Waals surface area (Å²) in [6.07, 6.45) is 3.45. The fraction of sp³-hybridized carbons (Fsp3) is 0.154. The fourth-order valence-electron chi connectivity index (χ4n) is 1.56. The maximum atomic E-state index is 11.5. The molecule has 5 nitrogen and oxygen atoms in total. The van der Waals surface area contributed by atoms with Crippen LogP contribution in [0.1, 0.15) is 21.6 Å². The van der Waals surface area contributed by atoms with Crippen LogP contribution in [-0.4, -0.2) is 23.0 Å². The number of ether oxygens (including phenoxy) is 1. The van der Waals surface area contributed by atoms with E-state index in [1.54, 1.807) is 30.5 Å². The van der Waals surface area contributed by atoms with Crippen molar-refractivity contribution < 1.29 is 9.53 Å². The van der Waals surface area contributed by atoms with Crippen LogP contribution < -0.4 is 5.56 Å². The van der Waals surface area contributed by atoms with Crippen LogP contribution in [0.15, 0.2) is 41.5 Å². The SMILES string of the molecule is COC(=O)c1ccc(Cc2ccc[nH]c2=O)nc1. The standard InChI is InChI=1S/C13H12N2O3/c1-18-13(17)10-4-5-11(15-8-10)7-9-3-2-6-14-12(9)16/h2-6,8H,7H2,1H3,(H,14,16). The van der Waals surface area contributed by atoms with Gasteiger partial charge in [-0.2, -0.15) is 0 Å². The topological polar surface area (TPSA) is 72.1 Å². The van der Waals surface area contributed by atoms with E-state index in [0.29, 0.717) is 17.5 Å². The molecule has 0 fully saturated rings. The van der Waals surface area contributed by atoms with Crippen molar-refractivity contribution in [3.8, 4) is 0 Å². The number of nitrogens with one attached hydrogen (secondary N) is 1. The second-order valence-corrected chi connectivity index (χ2v) is 3.73. The zero-order chi connectivity index (χ0) is 13.0. The van der Waals surface area contributed by atoms with Gasteiger partial charge in [-0.3, -0.25) is 9.78 Å². The number of carbonyl (C=O) groups excluding carboxylic acids is 1. The van der Waals surface area contributed by atoms with Gasteiger partial charge in [-0.25, -0.2) is 4.79 Å². The molecule has 5 heteroatoms. The maximum Gasteiger partial charge on any atom is 0.339 e. The van der Waals surface area contributed by atoms with Gasteiger partial charge in [-0.05, 0) is 18.2 Å². The van der Waals surface area contributed by atoms with Crippen LogP contribution in [0.5, 0.6) is 0 Å². The molecule has 18 heavy (non-hydrogen) atoms. The third-order valence-electron chi connectivity index (χ3n) is 2.52. The first-order valence-electron chi connectivity index (χ1n) is 5.40. The van der Waals surface area contributed by atoms with Crippen LogP contribution in [0, 0.1) is 0 Å². The number of aromatic nitrogens is 2. The first-order chi connectivity index (χ1) is 8.70. The Labute approximate surface area is 103 Å². The lowest BCUT2D eigenvalue weighted by molar-refractivity contribution is 0.0600. The minimum absolute atomic E-state index is 0.128. The molecule has 0 aliphatic rings. The Morgan fingerprint density at radius 1 is 1.39 bits per heavy atom. The van der Waals surface area contributed by atoms with Crippen LogP contribution in [0.2, 0.25) is 0 Å². The third kappa shape index (κ3) is 2.63. The summed E-state index contributed by atoms with van der Waals surface area (Å²) in [5.41, 5.74) is 1.62. The molecular formula is C13H12N2O3. The monoisotopic (exact) mass is 244 g/mol. The summed E-state index contributed by atoms with van der Waals surface area (Å²) in [4.78, 5) is 29.4. The van der Waals surface area contributed by atoms with Gasteiger partial charge >= 0.3 is 5.97 Å². The molecule has 2 aromatic rings. The lowest BCUT2D eigenvalue weighted by atomic mass is 10.1. The second-order valence-electron chi connectivity index (χ2n) is 3.73. The highest BCUT2D eigenvalue weighted by Crippen LogP contribution is 2.05. The Morgan fingerprint density at radius 2 is 2.22 bits per heavy atom. The lowest BCUT2D eigenvalue weighted by Gasteiger charge is -2.02. The minimum Gasteiger partial charge on any atom is -0.465 e. The zero-order valence-electron chi connectivity index (χ0n) is 9.84. The van der Waals surface area contributed by atoms with Crippen molar-refractivity contribution in [1.29, 1.82) is 0 Å². The van der Waals surface area contributed by atoms with Gasteiger partial charge in [-0.15, -0.1) is 0 Å². The highest BCUT2D eigenvalue weighted by Gasteiger charge is 2.06. The third-order valence-corrected chi connectivity index (χ3v) is 2.52. The molecule has 0 bridgehead atoms. The summed E-state index contributed by atoms with van der Waals surface area (Å²) in [5.74, 6) is -0.424. The van der Waals surface area contributed by atoms with Crippen molar-refractivity contribution in [1.82, 2.24) is 9.97 Å². The van der Waals surface area contributed by atoms with Gasteiger partial charge in [0.2, 0.25) is 0 Å². The molecule has 0 unspecified atom stereocenters. The van der Waals surface area contributed by atoms with Gasteiger partial charge in [-0.1, -0.05) is 6.07 Å². The molecule has 2 rings (SSSR count). The molecule has 0 radical (unpaired) electrons. The number of carbonyl (C=O) groups is 1. The first-order valence-corrected chi connectivity index (χ1v) is 5.40. The molecule has 0 aromatic carbocycles. The average molecular weight is 244 g/mol. The molecular weight excluding hydrogens is 232 g/mol. The second kappa shape index (κ2) is 5.27. The number of pyridine rings is 2. The zero-order valence-corrected chi connectivity index (χ0v) is 9.84. The summed E-state index contributed by atoms with van der Waals surface area (Å²) in [6, 6.07) is 6.85. The van der Waals surface area contributed by atoms with Gasteiger partial charge in [0.25, 0.3) is 5.56 Å². The summed E-state index contributed by atoms with van der Waals surface area (Å²) in [5, 5.41) is 0.